The van der Waals surface area contributed by atoms with E-state index in [-0.39, 0.29) is 29.3 Å². The summed E-state index contributed by atoms with van der Waals surface area (Å²) in [6.07, 6.45) is 2.33. The van der Waals surface area contributed by atoms with Crippen molar-refractivity contribution in [2.24, 2.45) is 0 Å². The van der Waals surface area contributed by atoms with Gasteiger partial charge in [-0.25, -0.2) is 0 Å². The Hall–Kier alpha value is -5.50. The van der Waals surface area contributed by atoms with Gasteiger partial charge in [0.25, 0.3) is 0 Å². The second-order valence-corrected chi connectivity index (χ2v) is 14.9. The van der Waals surface area contributed by atoms with Gasteiger partial charge in [-0.3, -0.25) is 9.80 Å². The van der Waals surface area contributed by atoms with Gasteiger partial charge in [0, 0.05) is 17.6 Å². The normalized spacial score (nSPS) is 14.6. The molecular formula is C47H49BN2O4. The van der Waals surface area contributed by atoms with Crippen LogP contribution in [0, 0.1) is 6.92 Å². The number of aromatic hydroxyl groups is 4. The van der Waals surface area contributed by atoms with Gasteiger partial charge < -0.3 is 20.4 Å². The summed E-state index contributed by atoms with van der Waals surface area (Å²) in [5.74, 6) is -1.81. The van der Waals surface area contributed by atoms with Crippen LogP contribution in [0.5, 0.6) is 23.0 Å². The molecule has 3 atom stereocenters. The summed E-state index contributed by atoms with van der Waals surface area (Å²) in [5.41, 5.74) is 12.5. The van der Waals surface area contributed by atoms with E-state index in [9.17, 15) is 20.4 Å². The molecule has 54 heavy (non-hydrogen) atoms. The third-order valence-corrected chi connectivity index (χ3v) is 11.7. The van der Waals surface area contributed by atoms with Crippen LogP contribution in [0.25, 0.3) is 33.4 Å². The van der Waals surface area contributed by atoms with Crippen LogP contribution in [0.4, 0.5) is 0 Å². The molecule has 0 aromatic heterocycles. The summed E-state index contributed by atoms with van der Waals surface area (Å²) in [7, 11) is 6.00. The van der Waals surface area contributed by atoms with Gasteiger partial charge in [0.05, 0.1) is 6.17 Å². The van der Waals surface area contributed by atoms with E-state index in [4.69, 9.17) is 0 Å². The monoisotopic (exact) mass is 716 g/mol. The highest BCUT2D eigenvalue weighted by molar-refractivity contribution is 6.39. The Kier molecular flexibility index (Phi) is 10.3. The number of rotatable bonds is 11. The highest BCUT2D eigenvalue weighted by Gasteiger charge is 2.33. The zero-order valence-electron chi connectivity index (χ0n) is 32.0. The number of nitrogens with zero attached hydrogens (tertiary/aromatic N) is 2. The van der Waals surface area contributed by atoms with Crippen molar-refractivity contribution in [1.29, 1.82) is 0 Å². The molecule has 4 N–H and O–H groups in total. The average molecular weight is 717 g/mol. The van der Waals surface area contributed by atoms with Crippen LogP contribution in [0.2, 0.25) is 0 Å². The molecule has 0 saturated heterocycles. The van der Waals surface area contributed by atoms with Crippen molar-refractivity contribution in [2.45, 2.75) is 57.8 Å². The van der Waals surface area contributed by atoms with E-state index in [2.05, 4.69) is 142 Å². The third-order valence-electron chi connectivity index (χ3n) is 11.7. The molecule has 7 heteroatoms. The van der Waals surface area contributed by atoms with E-state index in [1.165, 1.54) is 57.3 Å². The van der Waals surface area contributed by atoms with Crippen LogP contribution in [0.15, 0.2) is 121 Å². The molecule has 0 bridgehead atoms. The molecule has 1 saturated carbocycles. The van der Waals surface area contributed by atoms with E-state index in [0.29, 0.717) is 11.5 Å². The molecule has 0 heterocycles. The van der Waals surface area contributed by atoms with Crippen LogP contribution in [-0.2, 0) is 0 Å². The Balaban J connectivity index is 1.32. The van der Waals surface area contributed by atoms with Crippen molar-refractivity contribution in [1.82, 2.24) is 9.80 Å². The average Bonchev–Trinajstić information content (AvgIpc) is 4.06. The summed E-state index contributed by atoms with van der Waals surface area (Å²) >= 11 is 0. The first kappa shape index (κ1) is 36.8. The highest BCUT2D eigenvalue weighted by Crippen LogP contribution is 2.50. The lowest BCUT2D eigenvalue weighted by atomic mass is 9.84. The summed E-state index contributed by atoms with van der Waals surface area (Å²) in [6.45, 7) is 6.75. The standard InChI is InChI=1S/C47H49BN2O4/c1-28-36(41-38(33-16-10-7-11-17-33)20-13-21-39(41)34-24-25-34)18-12-19-37(28)47(49(4)29(2)31-14-8-6-9-15-31)50(5)30(3)32-22-26-35(27-23-32)40-42(48)44(52)46(54)45(53)43(40)51/h6-23,26-27,29-30,34,47,51-54H,24-25,48H2,1-5H3. The summed E-state index contributed by atoms with van der Waals surface area (Å²) < 4.78 is 0. The molecule has 1 fully saturated rings. The zero-order valence-corrected chi connectivity index (χ0v) is 32.0. The van der Waals surface area contributed by atoms with Crippen LogP contribution in [0.3, 0.4) is 0 Å². The van der Waals surface area contributed by atoms with Crippen molar-refractivity contribution in [2.75, 3.05) is 14.1 Å². The van der Waals surface area contributed by atoms with Gasteiger partial charge in [-0.15, -0.1) is 0 Å². The minimum absolute atomic E-state index is 0.0347. The lowest BCUT2D eigenvalue weighted by Gasteiger charge is -2.43. The lowest BCUT2D eigenvalue weighted by molar-refractivity contribution is 0.0272. The number of hydrogen-bond acceptors (Lipinski definition) is 6. The topological polar surface area (TPSA) is 87.4 Å². The minimum Gasteiger partial charge on any atom is -0.505 e. The van der Waals surface area contributed by atoms with Gasteiger partial charge in [0.2, 0.25) is 11.5 Å². The quantitative estimate of drug-likeness (QED) is 0.0463. The lowest BCUT2D eigenvalue weighted by Crippen LogP contribution is -2.40. The zero-order chi connectivity index (χ0) is 38.3. The molecule has 1 aliphatic carbocycles. The van der Waals surface area contributed by atoms with Crippen molar-refractivity contribution in [3.8, 4) is 56.4 Å². The maximum absolute atomic E-state index is 10.7. The Bertz CT molecular complexity index is 2240. The van der Waals surface area contributed by atoms with Crippen molar-refractivity contribution in [3.63, 3.8) is 0 Å². The molecule has 6 aromatic rings. The molecule has 0 amide bonds. The van der Waals surface area contributed by atoms with Gasteiger partial charge in [0.1, 0.15) is 7.85 Å². The molecule has 0 aliphatic heterocycles. The van der Waals surface area contributed by atoms with Crippen molar-refractivity contribution in [3.05, 3.63) is 149 Å². The van der Waals surface area contributed by atoms with Gasteiger partial charge in [-0.05, 0) is 115 Å². The maximum Gasteiger partial charge on any atom is 0.204 e. The van der Waals surface area contributed by atoms with E-state index < -0.39 is 23.0 Å². The molecule has 7 rings (SSSR count). The third kappa shape index (κ3) is 6.74. The molecule has 6 aromatic carbocycles. The van der Waals surface area contributed by atoms with Crippen LogP contribution >= 0.6 is 0 Å². The Morgan fingerprint density at radius 1 is 0.556 bits per heavy atom. The number of benzene rings is 6. The second kappa shape index (κ2) is 15.1. The fraction of sp³-hybridized carbons (Fsp3) is 0.234. The van der Waals surface area contributed by atoms with Crippen molar-refractivity contribution >= 4 is 13.3 Å². The highest BCUT2D eigenvalue weighted by atomic mass is 16.3. The largest absolute Gasteiger partial charge is 0.505 e. The van der Waals surface area contributed by atoms with Crippen LogP contribution in [-0.4, -0.2) is 52.2 Å². The van der Waals surface area contributed by atoms with Gasteiger partial charge in [0.15, 0.2) is 11.5 Å². The molecular weight excluding hydrogens is 667 g/mol. The molecule has 1 aliphatic rings. The Labute approximate surface area is 320 Å². The van der Waals surface area contributed by atoms with Gasteiger partial charge >= 0.3 is 0 Å². The van der Waals surface area contributed by atoms with Crippen molar-refractivity contribution < 1.29 is 20.4 Å². The summed E-state index contributed by atoms with van der Waals surface area (Å²) in [4.78, 5) is 4.88. The first-order valence-electron chi connectivity index (χ1n) is 18.8. The molecule has 3 unspecified atom stereocenters. The number of phenolic OH excluding ortho intramolecular Hbond substituents is 4. The fourth-order valence-corrected chi connectivity index (χ4v) is 8.12. The van der Waals surface area contributed by atoms with E-state index in [0.717, 1.165) is 5.56 Å². The second-order valence-electron chi connectivity index (χ2n) is 14.9. The van der Waals surface area contributed by atoms with E-state index >= 15 is 0 Å². The van der Waals surface area contributed by atoms with E-state index in [1.54, 1.807) is 7.85 Å². The first-order chi connectivity index (χ1) is 26.0. The number of phenols is 4. The minimum atomic E-state index is -0.739. The van der Waals surface area contributed by atoms with E-state index in [1.807, 2.05) is 24.3 Å². The van der Waals surface area contributed by atoms with Gasteiger partial charge in [-0.1, -0.05) is 121 Å². The maximum atomic E-state index is 10.7. The fourth-order valence-electron chi connectivity index (χ4n) is 8.12. The molecule has 0 spiro atoms. The van der Waals surface area contributed by atoms with Crippen LogP contribution < -0.4 is 5.46 Å². The molecule has 6 nitrogen and oxygen atoms in total. The van der Waals surface area contributed by atoms with Crippen LogP contribution in [0.1, 0.15) is 78.7 Å². The first-order valence-corrected chi connectivity index (χ1v) is 18.8. The van der Waals surface area contributed by atoms with Gasteiger partial charge in [-0.2, -0.15) is 0 Å². The predicted octanol–water partition coefficient (Wildman–Crippen LogP) is 9.34. The molecule has 0 radical (unpaired) electrons. The predicted molar refractivity (Wildman–Crippen MR) is 222 cm³/mol. The summed E-state index contributed by atoms with van der Waals surface area (Å²) in [6, 6.07) is 42.9. The Morgan fingerprint density at radius 3 is 1.70 bits per heavy atom. The summed E-state index contributed by atoms with van der Waals surface area (Å²) in [5, 5.41) is 41.5. The SMILES string of the molecule is Bc1c(O)c(O)c(O)c(O)c1-c1ccc(C(C)N(C)C(c2cccc(-c3c(-c4ccccc4)cccc3C3CC3)c2C)N(C)C(C)c2ccccc2)cc1. The number of hydrogen-bond donors (Lipinski definition) is 4. The molecule has 274 valence electrons. The Morgan fingerprint density at radius 2 is 1.09 bits per heavy atom. The smallest absolute Gasteiger partial charge is 0.204 e.